The van der Waals surface area contributed by atoms with Crippen LogP contribution in [0.15, 0.2) is 22.0 Å². The average molecular weight is 324 g/mol. The van der Waals surface area contributed by atoms with Crippen LogP contribution in [0.2, 0.25) is 0 Å². The number of nitro groups is 1. The van der Waals surface area contributed by atoms with E-state index in [1.165, 1.54) is 13.0 Å². The molecule has 22 heavy (non-hydrogen) atoms. The first-order valence-electron chi connectivity index (χ1n) is 6.83. The van der Waals surface area contributed by atoms with E-state index in [0.717, 1.165) is 18.9 Å². The Balaban J connectivity index is 2.65. The number of amides is 1. The molecule has 1 aromatic carbocycles. The van der Waals surface area contributed by atoms with Crippen LogP contribution >= 0.6 is 0 Å². The van der Waals surface area contributed by atoms with Gasteiger partial charge in [-0.1, -0.05) is 12.8 Å². The number of carbonyl (C=O) groups excluding carboxylic acids is 1. The number of rotatable bonds is 4. The molecule has 0 radical (unpaired) electrons. The summed E-state index contributed by atoms with van der Waals surface area (Å²) in [5.74, 6) is -0.717. The largest absolute Gasteiger partial charge is 0.288 e. The molecule has 1 aromatic rings. The number of hydrogen-bond donors (Lipinski definition) is 0. The predicted molar refractivity (Wildman–Crippen MR) is 81.2 cm³/mol. The highest BCUT2D eigenvalue weighted by atomic mass is 32.2. The molecule has 1 fully saturated rings. The van der Waals surface area contributed by atoms with Gasteiger partial charge in [0.25, 0.3) is 11.6 Å². The van der Waals surface area contributed by atoms with Crippen LogP contribution < -0.4 is 0 Å². The predicted octanol–water partition coefficient (Wildman–Crippen LogP) is 2.46. The fraction of sp³-hybridized carbons (Fsp3) is 0.429. The molecule has 1 aliphatic carbocycles. The van der Waals surface area contributed by atoms with Crippen LogP contribution in [-0.4, -0.2) is 31.2 Å². The van der Waals surface area contributed by atoms with Gasteiger partial charge < -0.3 is 0 Å². The number of nitro benzene ring substituents is 1. The van der Waals surface area contributed by atoms with Crippen LogP contribution in [0.5, 0.6) is 0 Å². The summed E-state index contributed by atoms with van der Waals surface area (Å²) in [5, 5.41) is 10.6. The molecule has 0 heterocycles. The summed E-state index contributed by atoms with van der Waals surface area (Å²) >= 11 is 0. The lowest BCUT2D eigenvalue weighted by atomic mass is 10.1. The lowest BCUT2D eigenvalue weighted by molar-refractivity contribution is -0.387. The third-order valence-electron chi connectivity index (χ3n) is 3.92. The molecule has 1 amide bonds. The van der Waals surface area contributed by atoms with Gasteiger partial charge in [-0.15, -0.1) is 0 Å². The smallest absolute Gasteiger partial charge is 0.267 e. The number of nitrogens with zero attached hydrogens (tertiary/aromatic N) is 2. The maximum Gasteiger partial charge on any atom is 0.288 e. The van der Waals surface area contributed by atoms with Crippen LogP contribution in [0, 0.1) is 17.0 Å². The Bertz CT molecular complexity index is 749. The number of carbonyl (C=O) groups is 1. The number of aliphatic imine (C=N–C) groups is 1. The third kappa shape index (κ3) is 2.78. The minimum Gasteiger partial charge on any atom is -0.267 e. The Kier molecular flexibility index (Phi) is 4.41. The van der Waals surface area contributed by atoms with Crippen molar-refractivity contribution in [2.24, 2.45) is 4.99 Å². The topological polar surface area (TPSA) is 107 Å². The van der Waals surface area contributed by atoms with E-state index in [0.29, 0.717) is 18.4 Å². The van der Waals surface area contributed by atoms with E-state index in [1.807, 2.05) is 0 Å². The number of benzene rings is 1. The monoisotopic (exact) mass is 324 g/mol. The van der Waals surface area contributed by atoms with Gasteiger partial charge in [-0.05, 0) is 38.1 Å². The summed E-state index contributed by atoms with van der Waals surface area (Å²) < 4.78 is 25.3. The normalized spacial score (nSPS) is 15.7. The summed E-state index contributed by atoms with van der Waals surface area (Å²) in [4.78, 5) is 25.0. The van der Waals surface area contributed by atoms with Gasteiger partial charge in [-0.2, -0.15) is 0 Å². The molecular formula is C14H16N2O5S. The molecule has 0 spiro atoms. The molecule has 118 valence electrons. The highest BCUT2D eigenvalue weighted by Gasteiger charge is 2.36. The molecule has 8 heteroatoms. The Hall–Kier alpha value is -2.09. The van der Waals surface area contributed by atoms with E-state index in [9.17, 15) is 23.3 Å². The summed E-state index contributed by atoms with van der Waals surface area (Å²) in [6.07, 6.45) is 2.61. The van der Waals surface area contributed by atoms with Gasteiger partial charge in [0.2, 0.25) is 0 Å². The Morgan fingerprint density at radius 3 is 2.45 bits per heavy atom. The second-order valence-electron chi connectivity index (χ2n) is 5.31. The quantitative estimate of drug-likeness (QED) is 0.480. The van der Waals surface area contributed by atoms with Crippen molar-refractivity contribution in [2.75, 3.05) is 0 Å². The maximum atomic E-state index is 12.6. The zero-order chi connectivity index (χ0) is 16.5. The number of sulfone groups is 1. The highest BCUT2D eigenvalue weighted by Crippen LogP contribution is 2.35. The van der Waals surface area contributed by atoms with Crippen LogP contribution in [0.3, 0.4) is 0 Å². The Morgan fingerprint density at radius 1 is 1.36 bits per heavy atom. The van der Waals surface area contributed by atoms with Crippen LogP contribution in [0.1, 0.15) is 41.6 Å². The Morgan fingerprint density at radius 2 is 1.95 bits per heavy atom. The number of aryl methyl sites for hydroxylation is 1. The van der Waals surface area contributed by atoms with Crippen molar-refractivity contribution in [3.8, 4) is 0 Å². The van der Waals surface area contributed by atoms with Crippen LogP contribution in [0.25, 0.3) is 0 Å². The summed E-state index contributed by atoms with van der Waals surface area (Å²) in [6, 6.07) is 2.18. The summed E-state index contributed by atoms with van der Waals surface area (Å²) in [7, 11) is -3.79. The van der Waals surface area contributed by atoms with Crippen LogP contribution in [-0.2, 0) is 9.84 Å². The SMILES string of the molecule is C=NC(=O)c1cc([N+](=O)[O-])c(S(=O)(=O)C2CCCC2)cc1C. The molecule has 1 saturated carbocycles. The van der Waals surface area contributed by atoms with Crippen molar-refractivity contribution in [1.29, 1.82) is 0 Å². The molecule has 7 nitrogen and oxygen atoms in total. The molecule has 0 bridgehead atoms. The van der Waals surface area contributed by atoms with Crippen molar-refractivity contribution >= 4 is 28.1 Å². The molecule has 0 saturated heterocycles. The second-order valence-corrected chi connectivity index (χ2v) is 7.50. The third-order valence-corrected chi connectivity index (χ3v) is 6.21. The van der Waals surface area contributed by atoms with Gasteiger partial charge in [-0.3, -0.25) is 14.9 Å². The van der Waals surface area contributed by atoms with E-state index in [1.54, 1.807) is 0 Å². The van der Waals surface area contributed by atoms with Crippen LogP contribution in [0.4, 0.5) is 5.69 Å². The second kappa shape index (κ2) is 5.96. The van der Waals surface area contributed by atoms with Gasteiger partial charge in [0, 0.05) is 6.07 Å². The first-order chi connectivity index (χ1) is 10.3. The van der Waals surface area contributed by atoms with Crippen molar-refractivity contribution < 1.29 is 18.1 Å². The number of hydrogen-bond acceptors (Lipinski definition) is 5. The molecule has 2 rings (SSSR count). The first-order valence-corrected chi connectivity index (χ1v) is 8.37. The van der Waals surface area contributed by atoms with Gasteiger partial charge in [0.05, 0.1) is 15.7 Å². The van der Waals surface area contributed by atoms with Crippen molar-refractivity contribution in [3.05, 3.63) is 33.4 Å². The van der Waals surface area contributed by atoms with Gasteiger partial charge in [0.1, 0.15) is 4.90 Å². The first kappa shape index (κ1) is 16.3. The zero-order valence-corrected chi connectivity index (χ0v) is 12.9. The van der Waals surface area contributed by atoms with Crippen molar-refractivity contribution in [1.82, 2.24) is 0 Å². The molecule has 1 aliphatic rings. The highest BCUT2D eigenvalue weighted by molar-refractivity contribution is 7.92. The molecule has 0 atom stereocenters. The molecule has 0 N–H and O–H groups in total. The van der Waals surface area contributed by atoms with E-state index in [4.69, 9.17) is 0 Å². The standard InChI is InChI=1S/C14H16N2O5S/c1-9-7-13(22(20,21)10-5-3-4-6-10)12(16(18)19)8-11(9)14(17)15-2/h7-8,10H,2-6H2,1H3. The lowest BCUT2D eigenvalue weighted by Gasteiger charge is -2.13. The zero-order valence-electron chi connectivity index (χ0n) is 12.1. The van der Waals surface area contributed by atoms with Crippen molar-refractivity contribution in [2.45, 2.75) is 42.8 Å². The fourth-order valence-corrected chi connectivity index (χ4v) is 4.81. The lowest BCUT2D eigenvalue weighted by Crippen LogP contribution is -2.19. The average Bonchev–Trinajstić information content (AvgIpc) is 3.00. The molecular weight excluding hydrogens is 308 g/mol. The van der Waals surface area contributed by atoms with Gasteiger partial charge >= 0.3 is 0 Å². The summed E-state index contributed by atoms with van der Waals surface area (Å²) in [5.41, 5.74) is -0.254. The van der Waals surface area contributed by atoms with E-state index in [2.05, 4.69) is 11.7 Å². The molecule has 0 aromatic heterocycles. The van der Waals surface area contributed by atoms with E-state index in [-0.39, 0.29) is 10.5 Å². The fourth-order valence-electron chi connectivity index (χ4n) is 2.73. The molecule has 0 unspecified atom stereocenters. The van der Waals surface area contributed by atoms with Gasteiger partial charge in [0.15, 0.2) is 9.84 Å². The minimum atomic E-state index is -3.79. The molecule has 0 aliphatic heterocycles. The van der Waals surface area contributed by atoms with E-state index >= 15 is 0 Å². The van der Waals surface area contributed by atoms with E-state index < -0.39 is 31.6 Å². The maximum absolute atomic E-state index is 12.6. The Labute approximate surface area is 128 Å². The summed E-state index contributed by atoms with van der Waals surface area (Å²) in [6.45, 7) is 4.62. The van der Waals surface area contributed by atoms with Gasteiger partial charge in [-0.25, -0.2) is 13.4 Å². The van der Waals surface area contributed by atoms with Crippen molar-refractivity contribution in [3.63, 3.8) is 0 Å². The minimum absolute atomic E-state index is 0.00734.